The summed E-state index contributed by atoms with van der Waals surface area (Å²) in [6.07, 6.45) is 0.757. The van der Waals surface area contributed by atoms with Crippen LogP contribution in [0.1, 0.15) is 24.5 Å². The lowest BCUT2D eigenvalue weighted by Crippen LogP contribution is -2.33. The number of carbonyl (C=O) groups is 1. The van der Waals surface area contributed by atoms with Gasteiger partial charge in [0.05, 0.1) is 12.0 Å². The van der Waals surface area contributed by atoms with E-state index in [0.29, 0.717) is 18.7 Å². The Kier molecular flexibility index (Phi) is 4.57. The van der Waals surface area contributed by atoms with E-state index in [1.807, 2.05) is 19.1 Å². The molecule has 6 heteroatoms. The van der Waals surface area contributed by atoms with Gasteiger partial charge in [0.25, 0.3) is 0 Å². The van der Waals surface area contributed by atoms with Crippen LogP contribution >= 0.6 is 0 Å². The average molecular weight is 277 g/mol. The molecule has 1 aliphatic heterocycles. The molecule has 0 saturated carbocycles. The summed E-state index contributed by atoms with van der Waals surface area (Å²) in [6, 6.07) is 7.17. The average Bonchev–Trinajstić information content (AvgIpc) is 2.90. The van der Waals surface area contributed by atoms with Gasteiger partial charge in [-0.15, -0.1) is 0 Å². The van der Waals surface area contributed by atoms with Crippen molar-refractivity contribution in [2.45, 2.75) is 26.0 Å². The first kappa shape index (κ1) is 14.3. The molecular formula is C14H19N3O3. The van der Waals surface area contributed by atoms with Gasteiger partial charge in [0.1, 0.15) is 0 Å². The maximum atomic E-state index is 12.0. The summed E-state index contributed by atoms with van der Waals surface area (Å²) in [5.74, 6) is 0.0273. The third-order valence-corrected chi connectivity index (χ3v) is 3.54. The maximum absolute atomic E-state index is 12.0. The highest BCUT2D eigenvalue weighted by Crippen LogP contribution is 2.20. The second kappa shape index (κ2) is 6.38. The molecule has 0 aliphatic carbocycles. The van der Waals surface area contributed by atoms with Crippen molar-refractivity contribution in [3.63, 3.8) is 0 Å². The Morgan fingerprint density at radius 3 is 2.75 bits per heavy atom. The lowest BCUT2D eigenvalue weighted by molar-refractivity contribution is -0.126. The van der Waals surface area contributed by atoms with E-state index in [0.717, 1.165) is 12.0 Å². The zero-order chi connectivity index (χ0) is 14.5. The van der Waals surface area contributed by atoms with E-state index in [-0.39, 0.29) is 23.8 Å². The number of hydrogen-bond donors (Lipinski definition) is 3. The predicted octanol–water partition coefficient (Wildman–Crippen LogP) is 0.822. The SMILES string of the molecule is CC1OCCC1C(=O)NCc1ccc(C(N)=NO)cc1. The van der Waals surface area contributed by atoms with Gasteiger partial charge in [-0.1, -0.05) is 29.4 Å². The van der Waals surface area contributed by atoms with Gasteiger partial charge in [0.15, 0.2) is 5.84 Å². The van der Waals surface area contributed by atoms with Gasteiger partial charge in [-0.3, -0.25) is 4.79 Å². The lowest BCUT2D eigenvalue weighted by atomic mass is 10.0. The van der Waals surface area contributed by atoms with E-state index < -0.39 is 0 Å². The minimum Gasteiger partial charge on any atom is -0.409 e. The van der Waals surface area contributed by atoms with Crippen LogP contribution in [0.3, 0.4) is 0 Å². The highest BCUT2D eigenvalue weighted by molar-refractivity contribution is 5.96. The zero-order valence-corrected chi connectivity index (χ0v) is 11.4. The van der Waals surface area contributed by atoms with Crippen LogP contribution in [-0.2, 0) is 16.1 Å². The number of amides is 1. The van der Waals surface area contributed by atoms with E-state index in [4.69, 9.17) is 15.7 Å². The Hall–Kier alpha value is -2.08. The fourth-order valence-corrected chi connectivity index (χ4v) is 2.25. The van der Waals surface area contributed by atoms with Crippen molar-refractivity contribution >= 4 is 11.7 Å². The number of nitrogens with zero attached hydrogens (tertiary/aromatic N) is 1. The number of oxime groups is 1. The smallest absolute Gasteiger partial charge is 0.226 e. The summed E-state index contributed by atoms with van der Waals surface area (Å²) in [4.78, 5) is 12.0. The first-order valence-corrected chi connectivity index (χ1v) is 6.58. The molecule has 4 N–H and O–H groups in total. The Morgan fingerprint density at radius 1 is 1.50 bits per heavy atom. The molecule has 1 fully saturated rings. The Bertz CT molecular complexity index is 499. The van der Waals surface area contributed by atoms with Crippen LogP contribution in [-0.4, -0.2) is 29.7 Å². The molecule has 20 heavy (non-hydrogen) atoms. The highest BCUT2D eigenvalue weighted by Gasteiger charge is 2.30. The van der Waals surface area contributed by atoms with Crippen LogP contribution < -0.4 is 11.1 Å². The minimum atomic E-state index is -0.0635. The Balaban J connectivity index is 1.89. The number of hydrogen-bond acceptors (Lipinski definition) is 4. The molecule has 108 valence electrons. The van der Waals surface area contributed by atoms with Crippen molar-refractivity contribution in [1.29, 1.82) is 0 Å². The normalized spacial score (nSPS) is 22.8. The van der Waals surface area contributed by atoms with Crippen molar-refractivity contribution in [3.05, 3.63) is 35.4 Å². The molecule has 0 radical (unpaired) electrons. The van der Waals surface area contributed by atoms with Crippen molar-refractivity contribution < 1.29 is 14.7 Å². The van der Waals surface area contributed by atoms with Crippen molar-refractivity contribution in [1.82, 2.24) is 5.32 Å². The highest BCUT2D eigenvalue weighted by atomic mass is 16.5. The van der Waals surface area contributed by atoms with Gasteiger partial charge in [-0.2, -0.15) is 0 Å². The van der Waals surface area contributed by atoms with Crippen LogP contribution in [0.25, 0.3) is 0 Å². The van der Waals surface area contributed by atoms with Gasteiger partial charge in [0.2, 0.25) is 5.91 Å². The number of benzene rings is 1. The molecule has 1 saturated heterocycles. The number of amidine groups is 1. The summed E-state index contributed by atoms with van der Waals surface area (Å²) in [7, 11) is 0. The van der Waals surface area contributed by atoms with Crippen molar-refractivity contribution in [2.75, 3.05) is 6.61 Å². The van der Waals surface area contributed by atoms with E-state index in [2.05, 4.69) is 10.5 Å². The van der Waals surface area contributed by atoms with Gasteiger partial charge >= 0.3 is 0 Å². The molecular weight excluding hydrogens is 258 g/mol. The number of rotatable bonds is 4. The molecule has 0 spiro atoms. The Morgan fingerprint density at radius 2 is 2.20 bits per heavy atom. The zero-order valence-electron chi connectivity index (χ0n) is 11.4. The summed E-state index contributed by atoms with van der Waals surface area (Å²) >= 11 is 0. The van der Waals surface area contributed by atoms with Gasteiger partial charge in [0, 0.05) is 18.7 Å². The summed E-state index contributed by atoms with van der Waals surface area (Å²) < 4.78 is 5.38. The minimum absolute atomic E-state index is 0.0158. The largest absolute Gasteiger partial charge is 0.409 e. The van der Waals surface area contributed by atoms with Crippen molar-refractivity contribution in [3.8, 4) is 0 Å². The van der Waals surface area contributed by atoms with E-state index in [1.54, 1.807) is 12.1 Å². The topological polar surface area (TPSA) is 96.9 Å². The molecule has 1 amide bonds. The van der Waals surface area contributed by atoms with Gasteiger partial charge in [-0.25, -0.2) is 0 Å². The molecule has 1 aromatic rings. The first-order chi connectivity index (χ1) is 9.61. The summed E-state index contributed by atoms with van der Waals surface area (Å²) in [5.41, 5.74) is 7.08. The molecule has 6 nitrogen and oxygen atoms in total. The van der Waals surface area contributed by atoms with E-state index in [1.165, 1.54) is 0 Å². The first-order valence-electron chi connectivity index (χ1n) is 6.58. The monoisotopic (exact) mass is 277 g/mol. The molecule has 1 heterocycles. The van der Waals surface area contributed by atoms with Gasteiger partial charge in [-0.05, 0) is 18.9 Å². The van der Waals surface area contributed by atoms with Crippen LogP contribution in [0.15, 0.2) is 29.4 Å². The fraction of sp³-hybridized carbons (Fsp3) is 0.429. The van der Waals surface area contributed by atoms with Crippen LogP contribution in [0, 0.1) is 5.92 Å². The number of ether oxygens (including phenoxy) is 1. The third kappa shape index (κ3) is 3.27. The standard InChI is InChI=1S/C14H19N3O3/c1-9-12(6-7-20-9)14(18)16-8-10-2-4-11(5-3-10)13(15)17-19/h2-5,9,12,19H,6-8H2,1H3,(H2,15,17)(H,16,18). The molecule has 1 aromatic carbocycles. The molecule has 1 aliphatic rings. The van der Waals surface area contributed by atoms with Crippen molar-refractivity contribution in [2.24, 2.45) is 16.8 Å². The van der Waals surface area contributed by atoms with Gasteiger partial charge < -0.3 is 21.0 Å². The van der Waals surface area contributed by atoms with Crippen LogP contribution in [0.5, 0.6) is 0 Å². The number of nitrogens with one attached hydrogen (secondary N) is 1. The van der Waals surface area contributed by atoms with E-state index >= 15 is 0 Å². The van der Waals surface area contributed by atoms with Crippen LogP contribution in [0.2, 0.25) is 0 Å². The molecule has 2 atom stereocenters. The predicted molar refractivity (Wildman–Crippen MR) is 74.3 cm³/mol. The molecule has 2 unspecified atom stereocenters. The van der Waals surface area contributed by atoms with E-state index in [9.17, 15) is 4.79 Å². The number of nitrogens with two attached hydrogens (primary N) is 1. The maximum Gasteiger partial charge on any atom is 0.226 e. The molecule has 2 rings (SSSR count). The second-order valence-corrected chi connectivity index (χ2v) is 4.87. The lowest BCUT2D eigenvalue weighted by Gasteiger charge is -2.14. The third-order valence-electron chi connectivity index (χ3n) is 3.54. The molecule has 0 aromatic heterocycles. The van der Waals surface area contributed by atoms with Crippen LogP contribution in [0.4, 0.5) is 0 Å². The second-order valence-electron chi connectivity index (χ2n) is 4.87. The fourth-order valence-electron chi connectivity index (χ4n) is 2.25. The quantitative estimate of drug-likeness (QED) is 0.328. The summed E-state index contributed by atoms with van der Waals surface area (Å²) in [6.45, 7) is 3.02. The number of carbonyl (C=O) groups excluding carboxylic acids is 1. The molecule has 0 bridgehead atoms. The summed E-state index contributed by atoms with van der Waals surface area (Å²) in [5, 5.41) is 14.4. The Labute approximate surface area is 117 Å².